The number of aryl methyl sites for hydroxylation is 2. The van der Waals surface area contributed by atoms with Gasteiger partial charge in [0.25, 0.3) is 5.91 Å². The Kier molecular flexibility index (Phi) is 5.42. The standard InChI is InChI=1S/C21H22ClN3O2S/c1-14-4-3-5-16(12-14)27-13-18(26)24-8-10-25(11-9-24)21-23-19-15(2)6-7-17(22)20(19)28-21/h3-7,12H,8-11,13H2,1-2H3. The lowest BCUT2D eigenvalue weighted by Gasteiger charge is -2.34. The fraction of sp³-hybridized carbons (Fsp3) is 0.333. The number of ether oxygens (including phenoxy) is 1. The Hall–Kier alpha value is -2.31. The SMILES string of the molecule is Cc1cccc(OCC(=O)N2CCN(c3nc4c(C)ccc(Cl)c4s3)CC2)c1. The predicted octanol–water partition coefficient (Wildman–Crippen LogP) is 4.29. The summed E-state index contributed by atoms with van der Waals surface area (Å²) in [6, 6.07) is 11.7. The maximum absolute atomic E-state index is 12.5. The molecule has 1 saturated heterocycles. The van der Waals surface area contributed by atoms with E-state index in [-0.39, 0.29) is 12.5 Å². The highest BCUT2D eigenvalue weighted by Gasteiger charge is 2.24. The summed E-state index contributed by atoms with van der Waals surface area (Å²) >= 11 is 7.94. The van der Waals surface area contributed by atoms with Gasteiger partial charge in [-0.05, 0) is 43.2 Å². The fourth-order valence-electron chi connectivity index (χ4n) is 3.31. The van der Waals surface area contributed by atoms with Gasteiger partial charge in [-0.2, -0.15) is 0 Å². The van der Waals surface area contributed by atoms with E-state index >= 15 is 0 Å². The third-order valence-electron chi connectivity index (χ3n) is 4.94. The predicted molar refractivity (Wildman–Crippen MR) is 115 cm³/mol. The average molecular weight is 416 g/mol. The van der Waals surface area contributed by atoms with Gasteiger partial charge in [0.05, 0.1) is 15.2 Å². The number of amides is 1. The molecule has 1 fully saturated rings. The van der Waals surface area contributed by atoms with Crippen LogP contribution in [-0.4, -0.2) is 48.6 Å². The molecule has 2 aromatic carbocycles. The summed E-state index contributed by atoms with van der Waals surface area (Å²) in [5, 5.41) is 1.71. The Balaban J connectivity index is 1.36. The van der Waals surface area contributed by atoms with Crippen LogP contribution in [0.2, 0.25) is 5.02 Å². The van der Waals surface area contributed by atoms with Crippen molar-refractivity contribution >= 4 is 44.2 Å². The highest BCUT2D eigenvalue weighted by atomic mass is 35.5. The van der Waals surface area contributed by atoms with E-state index in [1.807, 2.05) is 55.1 Å². The molecule has 0 aliphatic carbocycles. The molecule has 0 saturated carbocycles. The number of anilines is 1. The first-order chi connectivity index (χ1) is 13.5. The van der Waals surface area contributed by atoms with Gasteiger partial charge >= 0.3 is 0 Å². The van der Waals surface area contributed by atoms with Crippen molar-refractivity contribution in [3.05, 3.63) is 52.5 Å². The number of benzene rings is 2. The smallest absolute Gasteiger partial charge is 0.260 e. The number of thiazole rings is 1. The Bertz CT molecular complexity index is 973. The second-order valence-electron chi connectivity index (χ2n) is 7.01. The van der Waals surface area contributed by atoms with Gasteiger partial charge in [-0.3, -0.25) is 4.79 Å². The van der Waals surface area contributed by atoms with Gasteiger partial charge < -0.3 is 14.5 Å². The molecule has 0 spiro atoms. The largest absolute Gasteiger partial charge is 0.484 e. The van der Waals surface area contributed by atoms with Gasteiger partial charge in [-0.15, -0.1) is 0 Å². The number of carbonyl (C=O) groups excluding carboxylic acids is 1. The molecule has 2 heterocycles. The lowest BCUT2D eigenvalue weighted by atomic mass is 10.2. The highest BCUT2D eigenvalue weighted by molar-refractivity contribution is 7.22. The van der Waals surface area contributed by atoms with Gasteiger partial charge in [0.2, 0.25) is 0 Å². The van der Waals surface area contributed by atoms with Crippen molar-refractivity contribution in [2.45, 2.75) is 13.8 Å². The maximum Gasteiger partial charge on any atom is 0.260 e. The van der Waals surface area contributed by atoms with Crippen LogP contribution in [0.25, 0.3) is 10.2 Å². The van der Waals surface area contributed by atoms with Crippen LogP contribution < -0.4 is 9.64 Å². The second-order valence-corrected chi connectivity index (χ2v) is 8.40. The molecule has 0 unspecified atom stereocenters. The molecule has 5 nitrogen and oxygen atoms in total. The van der Waals surface area contributed by atoms with E-state index < -0.39 is 0 Å². The zero-order valence-electron chi connectivity index (χ0n) is 15.9. The summed E-state index contributed by atoms with van der Waals surface area (Å²) in [7, 11) is 0. The van der Waals surface area contributed by atoms with E-state index in [0.717, 1.165) is 50.3 Å². The number of carbonyl (C=O) groups is 1. The molecule has 0 atom stereocenters. The normalized spacial score (nSPS) is 14.5. The number of nitrogens with zero attached hydrogens (tertiary/aromatic N) is 3. The van der Waals surface area contributed by atoms with Gasteiger partial charge in [0.1, 0.15) is 5.75 Å². The molecule has 0 bridgehead atoms. The van der Waals surface area contributed by atoms with Crippen molar-refractivity contribution < 1.29 is 9.53 Å². The van der Waals surface area contributed by atoms with Crippen LogP contribution in [0.3, 0.4) is 0 Å². The quantitative estimate of drug-likeness (QED) is 0.637. The molecular formula is C21H22ClN3O2S. The molecular weight excluding hydrogens is 394 g/mol. The van der Waals surface area contributed by atoms with Crippen molar-refractivity contribution in [3.8, 4) is 5.75 Å². The molecule has 1 aliphatic heterocycles. The molecule has 4 rings (SSSR count). The zero-order valence-corrected chi connectivity index (χ0v) is 17.5. The van der Waals surface area contributed by atoms with E-state index in [9.17, 15) is 4.79 Å². The fourth-order valence-corrected chi connectivity index (χ4v) is 4.68. The van der Waals surface area contributed by atoms with Crippen LogP contribution in [0, 0.1) is 13.8 Å². The van der Waals surface area contributed by atoms with E-state index in [1.54, 1.807) is 11.3 Å². The number of rotatable bonds is 4. The second kappa shape index (κ2) is 7.97. The maximum atomic E-state index is 12.5. The Labute approximate surface area is 173 Å². The summed E-state index contributed by atoms with van der Waals surface area (Å²) in [6.45, 7) is 6.97. The van der Waals surface area contributed by atoms with Gasteiger partial charge in [-0.1, -0.05) is 41.1 Å². The minimum Gasteiger partial charge on any atom is -0.484 e. The van der Waals surface area contributed by atoms with Crippen LogP contribution in [0.5, 0.6) is 5.75 Å². The topological polar surface area (TPSA) is 45.7 Å². The minimum absolute atomic E-state index is 0.0179. The lowest BCUT2D eigenvalue weighted by Crippen LogP contribution is -2.50. The van der Waals surface area contributed by atoms with Crippen molar-refractivity contribution in [1.82, 2.24) is 9.88 Å². The number of aromatic nitrogens is 1. The summed E-state index contributed by atoms with van der Waals surface area (Å²) in [6.07, 6.45) is 0. The Morgan fingerprint density at radius 3 is 2.68 bits per heavy atom. The molecule has 1 aliphatic rings. The van der Waals surface area contributed by atoms with E-state index in [4.69, 9.17) is 21.3 Å². The van der Waals surface area contributed by atoms with Gasteiger partial charge in [0.15, 0.2) is 11.7 Å². The third kappa shape index (κ3) is 3.93. The molecule has 0 radical (unpaired) electrons. The molecule has 1 amide bonds. The minimum atomic E-state index is 0.0179. The van der Waals surface area contributed by atoms with Gasteiger partial charge in [-0.25, -0.2) is 4.98 Å². The molecule has 0 N–H and O–H groups in total. The number of hydrogen-bond donors (Lipinski definition) is 0. The Morgan fingerprint density at radius 2 is 1.96 bits per heavy atom. The first kappa shape index (κ1) is 19.0. The summed E-state index contributed by atoms with van der Waals surface area (Å²) in [4.78, 5) is 21.4. The number of piperazine rings is 1. The monoisotopic (exact) mass is 415 g/mol. The van der Waals surface area contributed by atoms with E-state index in [1.165, 1.54) is 0 Å². The van der Waals surface area contributed by atoms with E-state index in [2.05, 4.69) is 4.90 Å². The molecule has 146 valence electrons. The van der Waals surface area contributed by atoms with Crippen molar-refractivity contribution in [3.63, 3.8) is 0 Å². The summed E-state index contributed by atoms with van der Waals surface area (Å²) in [5.74, 6) is 0.748. The summed E-state index contributed by atoms with van der Waals surface area (Å²) in [5.41, 5.74) is 3.21. The number of halogens is 1. The zero-order chi connectivity index (χ0) is 19.7. The van der Waals surface area contributed by atoms with Crippen LogP contribution in [0.1, 0.15) is 11.1 Å². The van der Waals surface area contributed by atoms with Crippen LogP contribution in [-0.2, 0) is 4.79 Å². The number of hydrogen-bond acceptors (Lipinski definition) is 5. The van der Waals surface area contributed by atoms with Crippen molar-refractivity contribution in [2.24, 2.45) is 0 Å². The average Bonchev–Trinajstić information content (AvgIpc) is 3.16. The highest BCUT2D eigenvalue weighted by Crippen LogP contribution is 2.35. The van der Waals surface area contributed by atoms with Crippen LogP contribution in [0.15, 0.2) is 36.4 Å². The Morgan fingerprint density at radius 1 is 1.18 bits per heavy atom. The first-order valence-corrected chi connectivity index (χ1v) is 10.5. The van der Waals surface area contributed by atoms with Crippen LogP contribution in [0.4, 0.5) is 5.13 Å². The van der Waals surface area contributed by atoms with Crippen LogP contribution >= 0.6 is 22.9 Å². The third-order valence-corrected chi connectivity index (χ3v) is 6.52. The molecule has 1 aromatic heterocycles. The van der Waals surface area contributed by atoms with Crippen molar-refractivity contribution in [1.29, 1.82) is 0 Å². The van der Waals surface area contributed by atoms with E-state index in [0.29, 0.717) is 13.1 Å². The molecule has 28 heavy (non-hydrogen) atoms. The number of fused-ring (bicyclic) bond motifs is 1. The van der Waals surface area contributed by atoms with Gasteiger partial charge in [0, 0.05) is 26.2 Å². The van der Waals surface area contributed by atoms with Crippen molar-refractivity contribution in [2.75, 3.05) is 37.7 Å². The molecule has 3 aromatic rings. The molecule has 7 heteroatoms. The lowest BCUT2D eigenvalue weighted by molar-refractivity contribution is -0.133. The summed E-state index contributed by atoms with van der Waals surface area (Å²) < 4.78 is 6.68. The first-order valence-electron chi connectivity index (χ1n) is 9.29.